The summed E-state index contributed by atoms with van der Waals surface area (Å²) in [5, 5.41) is 0. The highest BCUT2D eigenvalue weighted by Crippen LogP contribution is 2.32. The second kappa shape index (κ2) is 8.93. The third kappa shape index (κ3) is 4.20. The van der Waals surface area contributed by atoms with Crippen molar-refractivity contribution >= 4 is 0 Å². The van der Waals surface area contributed by atoms with Crippen LogP contribution in [-0.4, -0.2) is 33.2 Å². The van der Waals surface area contributed by atoms with Crippen LogP contribution in [0.25, 0.3) is 22.5 Å². The minimum absolute atomic E-state index is 0.626. The van der Waals surface area contributed by atoms with Crippen LogP contribution in [0.4, 0.5) is 0 Å². The Morgan fingerprint density at radius 3 is 2.54 bits per heavy atom. The van der Waals surface area contributed by atoms with E-state index in [1.165, 1.54) is 31.3 Å². The number of methoxy groups -OCH3 is 1. The monoisotopic (exact) mass is 374 g/mol. The van der Waals surface area contributed by atoms with Crippen LogP contribution >= 0.6 is 0 Å². The second-order valence-electron chi connectivity index (χ2n) is 7.17. The van der Waals surface area contributed by atoms with Crippen molar-refractivity contribution in [2.75, 3.05) is 13.7 Å². The molecule has 0 N–H and O–H groups in total. The van der Waals surface area contributed by atoms with E-state index in [0.717, 1.165) is 34.9 Å². The van der Waals surface area contributed by atoms with E-state index in [2.05, 4.69) is 32.7 Å². The molecule has 0 amide bonds. The van der Waals surface area contributed by atoms with E-state index in [-0.39, 0.29) is 0 Å². The Morgan fingerprint density at radius 2 is 1.82 bits per heavy atom. The maximum Gasteiger partial charge on any atom is 0.130 e. The normalized spacial score (nSPS) is 14.1. The Labute approximate surface area is 166 Å². The molecule has 3 aromatic rings. The van der Waals surface area contributed by atoms with Crippen LogP contribution in [0.5, 0.6) is 0 Å². The van der Waals surface area contributed by atoms with Gasteiger partial charge >= 0.3 is 0 Å². The summed E-state index contributed by atoms with van der Waals surface area (Å²) in [6.07, 6.45) is 13.8. The molecule has 2 heterocycles. The predicted molar refractivity (Wildman–Crippen MR) is 111 cm³/mol. The van der Waals surface area contributed by atoms with Crippen molar-refractivity contribution in [3.8, 4) is 22.5 Å². The first-order chi connectivity index (χ1) is 13.8. The fourth-order valence-corrected chi connectivity index (χ4v) is 3.68. The molecule has 4 rings (SSSR count). The number of allylic oxidation sites excluding steroid dienone is 2. The molecule has 0 fully saturated rings. The van der Waals surface area contributed by atoms with Crippen molar-refractivity contribution in [1.29, 1.82) is 0 Å². The average Bonchev–Trinajstić information content (AvgIpc) is 3.17. The summed E-state index contributed by atoms with van der Waals surface area (Å²) < 4.78 is 7.37. The van der Waals surface area contributed by atoms with E-state index in [1.807, 2.05) is 36.9 Å². The molecule has 0 atom stereocenters. The van der Waals surface area contributed by atoms with Crippen LogP contribution in [0.15, 0.2) is 60.7 Å². The summed E-state index contributed by atoms with van der Waals surface area (Å²) in [5.74, 6) is 0.799. The number of hydrogen-bond acceptors (Lipinski definition) is 4. The zero-order valence-electron chi connectivity index (χ0n) is 16.3. The second-order valence-corrected chi connectivity index (χ2v) is 7.17. The molecule has 1 aliphatic carbocycles. The van der Waals surface area contributed by atoms with Crippen molar-refractivity contribution in [2.24, 2.45) is 0 Å². The summed E-state index contributed by atoms with van der Waals surface area (Å²) in [7, 11) is 1.69. The number of ether oxygens (including phenoxy) is 1. The van der Waals surface area contributed by atoms with E-state index >= 15 is 0 Å². The maximum absolute atomic E-state index is 5.13. The molecule has 1 aromatic carbocycles. The molecule has 0 unspecified atom stereocenters. The summed E-state index contributed by atoms with van der Waals surface area (Å²) in [5.41, 5.74) is 5.65. The van der Waals surface area contributed by atoms with Gasteiger partial charge in [0.05, 0.1) is 24.3 Å². The first-order valence-electron chi connectivity index (χ1n) is 9.94. The molecule has 144 valence electrons. The molecule has 2 aromatic heterocycles. The molecule has 0 saturated carbocycles. The van der Waals surface area contributed by atoms with Gasteiger partial charge in [-0.3, -0.25) is 0 Å². The Balaban J connectivity index is 1.71. The van der Waals surface area contributed by atoms with Gasteiger partial charge in [-0.05, 0) is 25.7 Å². The first-order valence-corrected chi connectivity index (χ1v) is 9.94. The third-order valence-corrected chi connectivity index (χ3v) is 5.15. The van der Waals surface area contributed by atoms with Gasteiger partial charge in [-0.1, -0.05) is 42.0 Å². The van der Waals surface area contributed by atoms with Gasteiger partial charge in [0.25, 0.3) is 0 Å². The largest absolute Gasteiger partial charge is 0.384 e. The zero-order chi connectivity index (χ0) is 19.2. The molecule has 0 spiro atoms. The Hall–Kier alpha value is -2.79. The van der Waals surface area contributed by atoms with Crippen LogP contribution in [0, 0.1) is 0 Å². The van der Waals surface area contributed by atoms with Gasteiger partial charge in [0, 0.05) is 43.6 Å². The molecule has 0 saturated heterocycles. The molecule has 0 bridgehead atoms. The molecule has 5 nitrogen and oxygen atoms in total. The number of rotatable bonds is 7. The SMILES string of the molecule is COCCc1ncc(-c2c(-c3ccccc3)ncn2CC2=CCCCC2)cn1. The van der Waals surface area contributed by atoms with Crippen LogP contribution in [0.1, 0.15) is 31.5 Å². The van der Waals surface area contributed by atoms with Crippen LogP contribution in [0.3, 0.4) is 0 Å². The van der Waals surface area contributed by atoms with Crippen LogP contribution in [0.2, 0.25) is 0 Å². The minimum atomic E-state index is 0.626. The predicted octanol–water partition coefficient (Wildman–Crippen LogP) is 4.70. The van der Waals surface area contributed by atoms with E-state index in [1.54, 1.807) is 7.11 Å². The minimum Gasteiger partial charge on any atom is -0.384 e. The third-order valence-electron chi connectivity index (χ3n) is 5.15. The molecule has 0 radical (unpaired) electrons. The quantitative estimate of drug-likeness (QED) is 0.563. The Bertz CT molecular complexity index is 929. The summed E-state index contributed by atoms with van der Waals surface area (Å²) in [4.78, 5) is 13.9. The van der Waals surface area contributed by atoms with Gasteiger partial charge < -0.3 is 9.30 Å². The lowest BCUT2D eigenvalue weighted by Gasteiger charge is -2.16. The molecule has 0 aliphatic heterocycles. The van der Waals surface area contributed by atoms with Crippen molar-refractivity contribution in [3.63, 3.8) is 0 Å². The van der Waals surface area contributed by atoms with E-state index < -0.39 is 0 Å². The van der Waals surface area contributed by atoms with E-state index in [4.69, 9.17) is 9.72 Å². The van der Waals surface area contributed by atoms with Gasteiger partial charge in [-0.25, -0.2) is 15.0 Å². The standard InChI is InChI=1S/C23H26N4O/c1-28-13-12-21-24-14-20(15-25-21)23-22(19-10-6-3-7-11-19)26-17-27(23)16-18-8-4-2-5-9-18/h3,6-8,10-11,14-15,17H,2,4-5,9,12-13,16H2,1H3. The molecule has 28 heavy (non-hydrogen) atoms. The molecular weight excluding hydrogens is 348 g/mol. The Morgan fingerprint density at radius 1 is 1.00 bits per heavy atom. The van der Waals surface area contributed by atoms with Gasteiger partial charge in [-0.2, -0.15) is 0 Å². The van der Waals surface area contributed by atoms with Crippen molar-refractivity contribution in [2.45, 2.75) is 38.6 Å². The molecule has 1 aliphatic rings. The fourth-order valence-electron chi connectivity index (χ4n) is 3.68. The van der Waals surface area contributed by atoms with Crippen LogP contribution < -0.4 is 0 Å². The van der Waals surface area contributed by atoms with Crippen molar-refractivity contribution < 1.29 is 4.74 Å². The number of benzene rings is 1. The van der Waals surface area contributed by atoms with E-state index in [0.29, 0.717) is 13.0 Å². The lowest BCUT2D eigenvalue weighted by molar-refractivity contribution is 0.200. The zero-order valence-corrected chi connectivity index (χ0v) is 16.3. The summed E-state index contributed by atoms with van der Waals surface area (Å²) in [6, 6.07) is 10.3. The van der Waals surface area contributed by atoms with Gasteiger partial charge in [-0.15, -0.1) is 0 Å². The summed E-state index contributed by atoms with van der Waals surface area (Å²) in [6.45, 7) is 1.50. The maximum atomic E-state index is 5.13. The molecule has 5 heteroatoms. The number of nitrogens with zero attached hydrogens (tertiary/aromatic N) is 4. The van der Waals surface area contributed by atoms with Gasteiger partial charge in [0.2, 0.25) is 0 Å². The highest BCUT2D eigenvalue weighted by Gasteiger charge is 2.17. The topological polar surface area (TPSA) is 52.8 Å². The van der Waals surface area contributed by atoms with Gasteiger partial charge in [0.15, 0.2) is 0 Å². The fraction of sp³-hybridized carbons (Fsp3) is 0.348. The highest BCUT2D eigenvalue weighted by molar-refractivity contribution is 5.78. The van der Waals surface area contributed by atoms with Crippen LogP contribution in [-0.2, 0) is 17.7 Å². The van der Waals surface area contributed by atoms with Crippen molar-refractivity contribution in [1.82, 2.24) is 19.5 Å². The molecular formula is C23H26N4O. The number of imidazole rings is 1. The lowest BCUT2D eigenvalue weighted by Crippen LogP contribution is -2.06. The lowest BCUT2D eigenvalue weighted by atomic mass is 9.99. The smallest absolute Gasteiger partial charge is 0.130 e. The summed E-state index contributed by atoms with van der Waals surface area (Å²) >= 11 is 0. The first kappa shape index (κ1) is 18.6. The highest BCUT2D eigenvalue weighted by atomic mass is 16.5. The Kier molecular flexibility index (Phi) is 5.92. The number of aromatic nitrogens is 4. The van der Waals surface area contributed by atoms with E-state index in [9.17, 15) is 0 Å². The van der Waals surface area contributed by atoms with Gasteiger partial charge in [0.1, 0.15) is 5.82 Å². The average molecular weight is 374 g/mol. The van der Waals surface area contributed by atoms with Crippen molar-refractivity contribution in [3.05, 3.63) is 66.5 Å². The number of hydrogen-bond donors (Lipinski definition) is 0.